The average molecular weight is 246 g/mol. The van der Waals surface area contributed by atoms with Crippen molar-refractivity contribution >= 4 is 11.9 Å². The van der Waals surface area contributed by atoms with E-state index in [1.165, 1.54) is 6.07 Å². The van der Waals surface area contributed by atoms with Crippen LogP contribution in [0.25, 0.3) is 0 Å². The number of rotatable bonds is 4. The van der Waals surface area contributed by atoms with Gasteiger partial charge in [-0.1, -0.05) is 6.07 Å². The van der Waals surface area contributed by atoms with Gasteiger partial charge in [0.05, 0.1) is 17.8 Å². The molecule has 0 unspecified atom stereocenters. The Balaban J connectivity index is 1.97. The van der Waals surface area contributed by atoms with Crippen LogP contribution in [0.1, 0.15) is 26.6 Å². The van der Waals surface area contributed by atoms with Crippen LogP contribution in [0.3, 0.4) is 0 Å². The molecule has 0 atom stereocenters. The third-order valence-corrected chi connectivity index (χ3v) is 2.23. The fraction of sp³-hybridized carbons (Fsp3) is 0.0833. The van der Waals surface area contributed by atoms with Crippen LogP contribution in [-0.2, 0) is 6.54 Å². The Morgan fingerprint density at radius 2 is 2.22 bits per heavy atom. The topological polar surface area (TPSA) is 92.4 Å². The van der Waals surface area contributed by atoms with Crippen molar-refractivity contribution in [3.63, 3.8) is 0 Å². The fourth-order valence-corrected chi connectivity index (χ4v) is 1.33. The number of amides is 1. The van der Waals surface area contributed by atoms with Crippen molar-refractivity contribution in [1.29, 1.82) is 0 Å². The van der Waals surface area contributed by atoms with Gasteiger partial charge in [-0.3, -0.25) is 9.78 Å². The van der Waals surface area contributed by atoms with E-state index in [1.807, 2.05) is 6.07 Å². The molecule has 92 valence electrons. The Morgan fingerprint density at radius 3 is 2.83 bits per heavy atom. The van der Waals surface area contributed by atoms with Gasteiger partial charge in [-0.05, 0) is 12.1 Å². The number of carboxylic acids is 1. The molecular formula is C12H10N2O4. The Bertz CT molecular complexity index is 562. The van der Waals surface area contributed by atoms with Gasteiger partial charge in [0.25, 0.3) is 5.91 Å². The van der Waals surface area contributed by atoms with Crippen LogP contribution in [0.4, 0.5) is 0 Å². The second-order valence-electron chi connectivity index (χ2n) is 3.51. The van der Waals surface area contributed by atoms with E-state index in [4.69, 9.17) is 9.52 Å². The highest BCUT2D eigenvalue weighted by Gasteiger charge is 2.14. The van der Waals surface area contributed by atoms with Gasteiger partial charge < -0.3 is 14.8 Å². The maximum Gasteiger partial charge on any atom is 0.338 e. The van der Waals surface area contributed by atoms with E-state index in [9.17, 15) is 9.59 Å². The number of furan rings is 1. The molecule has 2 aromatic rings. The maximum atomic E-state index is 11.6. The Kier molecular flexibility index (Phi) is 3.38. The van der Waals surface area contributed by atoms with Gasteiger partial charge in [-0.25, -0.2) is 4.79 Å². The van der Waals surface area contributed by atoms with Crippen LogP contribution in [0, 0.1) is 0 Å². The summed E-state index contributed by atoms with van der Waals surface area (Å²) in [6.45, 7) is 0.253. The summed E-state index contributed by atoms with van der Waals surface area (Å²) in [5.41, 5.74) is 0.647. The number of nitrogens with zero attached hydrogens (tertiary/aromatic N) is 1. The molecule has 0 fully saturated rings. The van der Waals surface area contributed by atoms with Crippen molar-refractivity contribution in [1.82, 2.24) is 10.3 Å². The maximum absolute atomic E-state index is 11.6. The molecule has 6 heteroatoms. The Labute approximate surface area is 102 Å². The first-order valence-corrected chi connectivity index (χ1v) is 5.17. The highest BCUT2D eigenvalue weighted by Crippen LogP contribution is 2.07. The molecule has 1 amide bonds. The Morgan fingerprint density at radius 1 is 1.39 bits per heavy atom. The summed E-state index contributed by atoms with van der Waals surface area (Å²) in [5, 5.41) is 11.3. The van der Waals surface area contributed by atoms with Gasteiger partial charge in [-0.2, -0.15) is 0 Å². The van der Waals surface area contributed by atoms with Crippen molar-refractivity contribution in [2.75, 3.05) is 0 Å². The smallest absolute Gasteiger partial charge is 0.338 e. The molecule has 2 rings (SSSR count). The minimum atomic E-state index is -1.14. The van der Waals surface area contributed by atoms with Crippen LogP contribution in [0.2, 0.25) is 0 Å². The molecule has 0 aromatic carbocycles. The lowest BCUT2D eigenvalue weighted by Gasteiger charge is -2.01. The lowest BCUT2D eigenvalue weighted by atomic mass is 10.3. The van der Waals surface area contributed by atoms with Crippen LogP contribution >= 0.6 is 0 Å². The third-order valence-electron chi connectivity index (χ3n) is 2.23. The zero-order chi connectivity index (χ0) is 13.0. The van der Waals surface area contributed by atoms with E-state index in [-0.39, 0.29) is 17.9 Å². The van der Waals surface area contributed by atoms with E-state index in [0.717, 1.165) is 6.26 Å². The first kappa shape index (κ1) is 11.8. The first-order chi connectivity index (χ1) is 8.66. The molecular weight excluding hydrogens is 236 g/mol. The molecule has 0 spiro atoms. The summed E-state index contributed by atoms with van der Waals surface area (Å²) in [4.78, 5) is 26.3. The summed E-state index contributed by atoms with van der Waals surface area (Å²) in [6.07, 6.45) is 2.65. The van der Waals surface area contributed by atoms with E-state index in [0.29, 0.717) is 5.69 Å². The predicted molar refractivity (Wildman–Crippen MR) is 61.1 cm³/mol. The van der Waals surface area contributed by atoms with E-state index < -0.39 is 11.9 Å². The summed E-state index contributed by atoms with van der Waals surface area (Å²) < 4.78 is 4.86. The predicted octanol–water partition coefficient (Wildman–Crippen LogP) is 1.30. The quantitative estimate of drug-likeness (QED) is 0.848. The fourth-order valence-electron chi connectivity index (χ4n) is 1.33. The van der Waals surface area contributed by atoms with Gasteiger partial charge in [0.1, 0.15) is 6.26 Å². The van der Waals surface area contributed by atoms with Crippen LogP contribution in [0.5, 0.6) is 0 Å². The molecule has 18 heavy (non-hydrogen) atoms. The number of nitrogens with one attached hydrogen (secondary N) is 1. The van der Waals surface area contributed by atoms with Gasteiger partial charge in [-0.15, -0.1) is 0 Å². The number of carbonyl (C=O) groups excluding carboxylic acids is 1. The highest BCUT2D eigenvalue weighted by atomic mass is 16.4. The van der Waals surface area contributed by atoms with Crippen LogP contribution < -0.4 is 5.32 Å². The van der Waals surface area contributed by atoms with E-state index in [2.05, 4.69) is 10.3 Å². The Hall–Kier alpha value is -2.63. The van der Waals surface area contributed by atoms with Crippen molar-refractivity contribution < 1.29 is 19.1 Å². The molecule has 2 aromatic heterocycles. The largest absolute Gasteiger partial charge is 0.478 e. The molecule has 2 heterocycles. The number of carbonyl (C=O) groups is 2. The summed E-state index contributed by atoms with van der Waals surface area (Å²) in [6, 6.07) is 6.53. The molecule has 0 saturated heterocycles. The minimum Gasteiger partial charge on any atom is -0.478 e. The number of aromatic carboxylic acids is 1. The van der Waals surface area contributed by atoms with Crippen molar-refractivity contribution in [2.24, 2.45) is 0 Å². The zero-order valence-electron chi connectivity index (χ0n) is 9.29. The summed E-state index contributed by atoms with van der Waals surface area (Å²) in [7, 11) is 0. The average Bonchev–Trinajstić information content (AvgIpc) is 2.87. The summed E-state index contributed by atoms with van der Waals surface area (Å²) >= 11 is 0. The number of carboxylic acid groups (broad SMARTS) is 1. The standard InChI is InChI=1S/C12H10N2O4/c15-11(10-5-8(7-18-10)12(16)17)14-6-9-3-1-2-4-13-9/h1-5,7H,6H2,(H,14,15)(H,16,17). The van der Waals surface area contributed by atoms with Crippen LogP contribution in [0.15, 0.2) is 41.1 Å². The monoisotopic (exact) mass is 246 g/mol. The normalized spacial score (nSPS) is 10.0. The lowest BCUT2D eigenvalue weighted by Crippen LogP contribution is -2.22. The minimum absolute atomic E-state index is 0.0386. The zero-order valence-corrected chi connectivity index (χ0v) is 9.29. The number of aromatic nitrogens is 1. The lowest BCUT2D eigenvalue weighted by molar-refractivity contribution is 0.0696. The second-order valence-corrected chi connectivity index (χ2v) is 3.51. The van der Waals surface area contributed by atoms with E-state index >= 15 is 0 Å². The van der Waals surface area contributed by atoms with Crippen molar-refractivity contribution in [3.05, 3.63) is 53.7 Å². The highest BCUT2D eigenvalue weighted by molar-refractivity contribution is 5.95. The van der Waals surface area contributed by atoms with Gasteiger partial charge in [0.2, 0.25) is 0 Å². The molecule has 0 saturated carbocycles. The first-order valence-electron chi connectivity index (χ1n) is 5.17. The SMILES string of the molecule is O=C(O)c1coc(C(=O)NCc2ccccn2)c1. The van der Waals surface area contributed by atoms with Gasteiger partial charge in [0.15, 0.2) is 5.76 Å². The number of hydrogen-bond acceptors (Lipinski definition) is 4. The molecule has 0 aliphatic carbocycles. The molecule has 0 aliphatic rings. The molecule has 2 N–H and O–H groups in total. The third kappa shape index (κ3) is 2.73. The van der Waals surface area contributed by atoms with E-state index in [1.54, 1.807) is 18.3 Å². The van der Waals surface area contributed by atoms with Crippen molar-refractivity contribution in [3.8, 4) is 0 Å². The molecule has 0 radical (unpaired) electrons. The van der Waals surface area contributed by atoms with Gasteiger partial charge >= 0.3 is 5.97 Å². The van der Waals surface area contributed by atoms with Crippen molar-refractivity contribution in [2.45, 2.75) is 6.54 Å². The molecule has 0 aliphatic heterocycles. The molecule has 0 bridgehead atoms. The molecule has 6 nitrogen and oxygen atoms in total. The number of hydrogen-bond donors (Lipinski definition) is 2. The number of pyridine rings is 1. The summed E-state index contributed by atoms with van der Waals surface area (Å²) in [5.74, 6) is -1.65. The second kappa shape index (κ2) is 5.13. The van der Waals surface area contributed by atoms with Crippen LogP contribution in [-0.4, -0.2) is 22.0 Å². The van der Waals surface area contributed by atoms with Gasteiger partial charge in [0, 0.05) is 12.3 Å².